The van der Waals surface area contributed by atoms with E-state index in [9.17, 15) is 9.59 Å². The van der Waals surface area contributed by atoms with Gasteiger partial charge in [-0.15, -0.1) is 0 Å². The predicted molar refractivity (Wildman–Crippen MR) is 131 cm³/mol. The topological polar surface area (TPSA) is 94.8 Å². The summed E-state index contributed by atoms with van der Waals surface area (Å²) in [7, 11) is 0. The zero-order valence-corrected chi connectivity index (χ0v) is 22.2. The number of hydrogen-bond acceptors (Lipinski definition) is 3. The Morgan fingerprint density at radius 3 is 1.47 bits per heavy atom. The Bertz CT molecular complexity index is 728. The number of unbranched alkanes of at least 4 members (excludes halogenated alkanes) is 2. The second-order valence-electron chi connectivity index (χ2n) is 8.48. The fourth-order valence-corrected chi connectivity index (χ4v) is 19.6. The first-order valence-electron chi connectivity index (χ1n) is 11.5. The molecule has 32 heavy (non-hydrogen) atoms. The van der Waals surface area contributed by atoms with Crippen molar-refractivity contribution in [3.8, 4) is 0 Å². The van der Waals surface area contributed by atoms with E-state index in [0.29, 0.717) is 0 Å². The van der Waals surface area contributed by atoms with Gasteiger partial charge in [0, 0.05) is 0 Å². The summed E-state index contributed by atoms with van der Waals surface area (Å²) in [4.78, 5) is 19.4. The smallest absolute Gasteiger partial charge is 0.333 e. The third kappa shape index (κ3) is 11.7. The zero-order valence-electron chi connectivity index (χ0n) is 19.4. The Kier molecular flexibility index (Phi) is 14.0. The van der Waals surface area contributed by atoms with E-state index in [1.165, 1.54) is 34.6 Å². The van der Waals surface area contributed by atoms with Crippen LogP contribution in [-0.2, 0) is 18.5 Å². The number of carbonyl (C=O) groups is 2. The van der Waals surface area contributed by atoms with Gasteiger partial charge in [0.15, 0.2) is 6.10 Å². The van der Waals surface area contributed by atoms with E-state index in [4.69, 9.17) is 15.3 Å². The summed E-state index contributed by atoms with van der Waals surface area (Å²) < 4.78 is 5.94. The molecule has 0 spiro atoms. The monoisotopic (exact) mass is 550 g/mol. The minimum absolute atomic E-state index is 0.755. The SMILES string of the molecule is CCC[CH2][Sn]([CH2]CCC)([CH2]c1ccccc1)[CH2]c1ccccc1.O=C(O)CC(O)C(=O)O. The van der Waals surface area contributed by atoms with Crippen LogP contribution in [0, 0.1) is 0 Å². The van der Waals surface area contributed by atoms with Crippen molar-refractivity contribution < 1.29 is 24.9 Å². The molecule has 1 atom stereocenters. The summed E-state index contributed by atoms with van der Waals surface area (Å²) in [5.74, 6) is -2.85. The van der Waals surface area contributed by atoms with E-state index < -0.39 is 42.8 Å². The second kappa shape index (κ2) is 15.9. The fraction of sp³-hybridized carbons (Fsp3) is 0.462. The number of aliphatic hydroxyl groups is 1. The predicted octanol–water partition coefficient (Wildman–Crippen LogP) is 5.51. The van der Waals surface area contributed by atoms with Gasteiger partial charge in [-0.25, -0.2) is 4.79 Å². The second-order valence-corrected chi connectivity index (χ2v) is 21.9. The number of aliphatic carboxylic acids is 2. The van der Waals surface area contributed by atoms with Crippen molar-refractivity contribution >= 4 is 30.3 Å². The molecule has 0 aromatic heterocycles. The average molecular weight is 549 g/mol. The number of carboxylic acid groups (broad SMARTS) is 2. The third-order valence-corrected chi connectivity index (χ3v) is 20.3. The van der Waals surface area contributed by atoms with Crippen LogP contribution in [0.15, 0.2) is 60.7 Å². The van der Waals surface area contributed by atoms with Gasteiger partial charge in [0.1, 0.15) is 0 Å². The van der Waals surface area contributed by atoms with Crippen molar-refractivity contribution in [2.24, 2.45) is 0 Å². The van der Waals surface area contributed by atoms with Gasteiger partial charge in [-0.05, 0) is 0 Å². The number of benzene rings is 2. The number of rotatable bonds is 13. The first-order valence-corrected chi connectivity index (χ1v) is 19.6. The van der Waals surface area contributed by atoms with Crippen LogP contribution in [0.4, 0.5) is 0 Å². The van der Waals surface area contributed by atoms with Crippen LogP contribution in [0.25, 0.3) is 0 Å². The van der Waals surface area contributed by atoms with Gasteiger partial charge >= 0.3 is 159 Å². The molecule has 0 saturated carbocycles. The standard InChI is InChI=1S/2C7H7.C4H6O5.2C4H9.Sn/c2*1-7-5-3-2-4-6-7;5-2(4(8)9)1-3(6)7;2*1-3-4-2;/h2*2-6H,1H2;2,5H,1H2,(H,6,7)(H,8,9);2*1,3-4H2,2H3;. The molecule has 0 heterocycles. The number of hydrogen-bond donors (Lipinski definition) is 3. The van der Waals surface area contributed by atoms with Gasteiger partial charge in [-0.2, -0.15) is 0 Å². The van der Waals surface area contributed by atoms with Crippen LogP contribution < -0.4 is 0 Å². The molecule has 0 aliphatic carbocycles. The first kappa shape index (κ1) is 28.2. The van der Waals surface area contributed by atoms with E-state index in [1.54, 1.807) is 20.0 Å². The molecule has 0 aliphatic rings. The molecule has 2 rings (SSSR count). The van der Waals surface area contributed by atoms with Gasteiger partial charge in [0.25, 0.3) is 0 Å². The molecule has 176 valence electrons. The average Bonchev–Trinajstić information content (AvgIpc) is 2.77. The molecular weight excluding hydrogens is 511 g/mol. The third-order valence-electron chi connectivity index (χ3n) is 5.62. The minimum Gasteiger partial charge on any atom is -0.481 e. The van der Waals surface area contributed by atoms with Crippen molar-refractivity contribution in [2.45, 2.75) is 69.8 Å². The van der Waals surface area contributed by atoms with Crippen LogP contribution in [0.2, 0.25) is 8.87 Å². The molecule has 2 aromatic carbocycles. The summed E-state index contributed by atoms with van der Waals surface area (Å²) >= 11 is -2.21. The molecule has 1 unspecified atom stereocenters. The molecule has 0 amide bonds. The fourth-order valence-electron chi connectivity index (χ4n) is 3.96. The van der Waals surface area contributed by atoms with Crippen LogP contribution in [0.3, 0.4) is 0 Å². The molecule has 5 nitrogen and oxygen atoms in total. The minimum atomic E-state index is -2.21. The first-order chi connectivity index (χ1) is 15.3. The zero-order chi connectivity index (χ0) is 23.8. The van der Waals surface area contributed by atoms with Crippen LogP contribution in [-0.4, -0.2) is 51.7 Å². The Balaban J connectivity index is 0.000000482. The van der Waals surface area contributed by atoms with Crippen LogP contribution >= 0.6 is 0 Å². The molecule has 0 saturated heterocycles. The van der Waals surface area contributed by atoms with Gasteiger partial charge in [-0.3, -0.25) is 4.79 Å². The van der Waals surface area contributed by atoms with Crippen molar-refractivity contribution in [2.75, 3.05) is 0 Å². The molecule has 2 aromatic rings. The van der Waals surface area contributed by atoms with Crippen LogP contribution in [0.1, 0.15) is 57.1 Å². The van der Waals surface area contributed by atoms with E-state index in [1.807, 2.05) is 0 Å². The van der Waals surface area contributed by atoms with E-state index in [-0.39, 0.29) is 0 Å². The van der Waals surface area contributed by atoms with Crippen LogP contribution in [0.5, 0.6) is 0 Å². The molecule has 0 fully saturated rings. The Morgan fingerprint density at radius 1 is 0.781 bits per heavy atom. The quantitative estimate of drug-likeness (QED) is 0.287. The maximum atomic E-state index is 9.72. The Labute approximate surface area is 196 Å². The van der Waals surface area contributed by atoms with Gasteiger partial charge < -0.3 is 15.3 Å². The van der Waals surface area contributed by atoms with Crippen molar-refractivity contribution in [1.29, 1.82) is 0 Å². The summed E-state index contributed by atoms with van der Waals surface area (Å²) in [6.45, 7) is 4.70. The van der Waals surface area contributed by atoms with Crippen molar-refractivity contribution in [3.05, 3.63) is 71.8 Å². The Hall–Kier alpha value is -1.86. The van der Waals surface area contributed by atoms with Gasteiger partial charge in [0.05, 0.1) is 6.42 Å². The van der Waals surface area contributed by atoms with E-state index in [0.717, 1.165) is 0 Å². The summed E-state index contributed by atoms with van der Waals surface area (Å²) in [6, 6.07) is 22.6. The Morgan fingerprint density at radius 2 is 1.19 bits per heavy atom. The normalized spacial score (nSPS) is 11.8. The molecule has 6 heteroatoms. The summed E-state index contributed by atoms with van der Waals surface area (Å²) in [6.07, 6.45) is 3.00. The molecule has 0 bridgehead atoms. The van der Waals surface area contributed by atoms with Gasteiger partial charge in [0.2, 0.25) is 0 Å². The maximum absolute atomic E-state index is 9.72. The maximum Gasteiger partial charge on any atom is 0.333 e. The van der Waals surface area contributed by atoms with E-state index in [2.05, 4.69) is 74.5 Å². The van der Waals surface area contributed by atoms with E-state index >= 15 is 0 Å². The molecule has 0 aliphatic heterocycles. The molecule has 0 radical (unpaired) electrons. The summed E-state index contributed by atoms with van der Waals surface area (Å²) in [5.41, 5.74) is 3.18. The summed E-state index contributed by atoms with van der Waals surface area (Å²) in [5, 5.41) is 24.1. The van der Waals surface area contributed by atoms with Crippen molar-refractivity contribution in [1.82, 2.24) is 0 Å². The van der Waals surface area contributed by atoms with Gasteiger partial charge in [-0.1, -0.05) is 0 Å². The van der Waals surface area contributed by atoms with Crippen molar-refractivity contribution in [3.63, 3.8) is 0 Å². The number of carboxylic acids is 2. The molecular formula is C26H38O5Sn. The largest absolute Gasteiger partial charge is 0.481 e. The molecule has 3 N–H and O–H groups in total. The number of aliphatic hydroxyl groups excluding tert-OH is 1.